The zero-order valence-electron chi connectivity index (χ0n) is 9.63. The monoisotopic (exact) mass is 246 g/mol. The highest BCUT2D eigenvalue weighted by Crippen LogP contribution is 1.82. The lowest BCUT2D eigenvalue weighted by atomic mass is 10.5. The third-order valence-electron chi connectivity index (χ3n) is 2.37. The van der Waals surface area contributed by atoms with E-state index in [1.54, 1.807) is 0 Å². The smallest absolute Gasteiger partial charge is 0.248 e. The van der Waals surface area contributed by atoms with Gasteiger partial charge in [0.05, 0.1) is 6.26 Å². The van der Waals surface area contributed by atoms with Crippen LogP contribution in [0.3, 0.4) is 0 Å². The normalized spacial score (nSPS) is 10.7. The summed E-state index contributed by atoms with van der Waals surface area (Å²) < 4.78 is 3.00. The summed E-state index contributed by atoms with van der Waals surface area (Å²) >= 11 is 1.23. The Labute approximate surface area is 96.5 Å². The Bertz CT molecular complexity index is 500. The van der Waals surface area contributed by atoms with Crippen LogP contribution in [0.15, 0.2) is 14.4 Å². The minimum Gasteiger partial charge on any atom is -0.248 e. The van der Waals surface area contributed by atoms with Gasteiger partial charge in [-0.1, -0.05) is 0 Å². The van der Waals surface area contributed by atoms with Gasteiger partial charge in [0.15, 0.2) is 0 Å². The SMILES string of the molecule is C[SH+]CCCn1c(=O)n(C)c(=O)n(C)c1=O. The van der Waals surface area contributed by atoms with E-state index >= 15 is 0 Å². The van der Waals surface area contributed by atoms with Gasteiger partial charge in [-0.25, -0.2) is 28.1 Å². The van der Waals surface area contributed by atoms with Gasteiger partial charge in [-0.3, -0.25) is 0 Å². The molecular formula is C9H16N3O3S+. The third-order valence-corrected chi connectivity index (χ3v) is 3.14. The Morgan fingerprint density at radius 2 is 1.50 bits per heavy atom. The van der Waals surface area contributed by atoms with E-state index in [4.69, 9.17) is 0 Å². The van der Waals surface area contributed by atoms with Crippen molar-refractivity contribution in [2.24, 2.45) is 14.1 Å². The summed E-state index contributed by atoms with van der Waals surface area (Å²) in [7, 11) is 2.75. The molecule has 0 N–H and O–H groups in total. The van der Waals surface area contributed by atoms with Crippen LogP contribution in [0.2, 0.25) is 0 Å². The Kier molecular flexibility index (Phi) is 4.17. The van der Waals surface area contributed by atoms with Crippen molar-refractivity contribution in [3.8, 4) is 0 Å². The molecule has 0 fully saturated rings. The van der Waals surface area contributed by atoms with Crippen molar-refractivity contribution < 1.29 is 0 Å². The van der Waals surface area contributed by atoms with Crippen molar-refractivity contribution >= 4 is 11.8 Å². The van der Waals surface area contributed by atoms with Crippen LogP contribution >= 0.6 is 0 Å². The topological polar surface area (TPSA) is 66.0 Å². The van der Waals surface area contributed by atoms with Crippen molar-refractivity contribution in [2.45, 2.75) is 13.0 Å². The lowest BCUT2D eigenvalue weighted by molar-refractivity contribution is 0.500. The van der Waals surface area contributed by atoms with E-state index in [1.165, 1.54) is 25.9 Å². The number of hydrogen-bond donors (Lipinski definition) is 0. The number of aromatic nitrogens is 3. The second kappa shape index (κ2) is 5.20. The molecule has 0 atom stereocenters. The summed E-state index contributed by atoms with van der Waals surface area (Å²) in [6, 6.07) is 0. The van der Waals surface area contributed by atoms with Crippen LogP contribution in [0.1, 0.15) is 6.42 Å². The van der Waals surface area contributed by atoms with Gasteiger partial charge in [-0.2, -0.15) is 0 Å². The van der Waals surface area contributed by atoms with Gasteiger partial charge in [0.25, 0.3) is 0 Å². The molecule has 0 saturated heterocycles. The van der Waals surface area contributed by atoms with Crippen molar-refractivity contribution in [3.05, 3.63) is 31.5 Å². The summed E-state index contributed by atoms with van der Waals surface area (Å²) in [4.78, 5) is 34.7. The average Bonchev–Trinajstić information content (AvgIpc) is 2.28. The summed E-state index contributed by atoms with van der Waals surface area (Å²) in [5, 5.41) is 0. The molecule has 6 nitrogen and oxygen atoms in total. The zero-order chi connectivity index (χ0) is 12.3. The van der Waals surface area contributed by atoms with E-state index in [9.17, 15) is 14.4 Å². The average molecular weight is 246 g/mol. The largest absolute Gasteiger partial charge is 0.336 e. The van der Waals surface area contributed by atoms with Gasteiger partial charge in [0.2, 0.25) is 0 Å². The molecule has 1 aromatic rings. The molecule has 0 aliphatic rings. The second-order valence-corrected chi connectivity index (χ2v) is 4.59. The molecule has 0 saturated carbocycles. The number of hydrogen-bond acceptors (Lipinski definition) is 3. The minimum absolute atomic E-state index is 0.362. The van der Waals surface area contributed by atoms with Gasteiger partial charge < -0.3 is 0 Å². The Balaban J connectivity index is 3.25. The molecule has 16 heavy (non-hydrogen) atoms. The second-order valence-electron chi connectivity index (χ2n) is 3.51. The molecule has 0 bridgehead atoms. The van der Waals surface area contributed by atoms with Gasteiger partial charge >= 0.3 is 17.1 Å². The number of thiol groups is 1. The van der Waals surface area contributed by atoms with Crippen LogP contribution in [-0.2, 0) is 32.4 Å². The van der Waals surface area contributed by atoms with Crippen LogP contribution in [-0.4, -0.2) is 25.7 Å². The molecule has 0 aliphatic heterocycles. The maximum Gasteiger partial charge on any atom is 0.336 e. The van der Waals surface area contributed by atoms with Gasteiger partial charge in [-0.15, -0.1) is 0 Å². The first-order valence-corrected chi connectivity index (χ1v) is 6.45. The van der Waals surface area contributed by atoms with Crippen LogP contribution in [0.5, 0.6) is 0 Å². The molecule has 0 unspecified atom stereocenters. The molecule has 0 radical (unpaired) electrons. The van der Waals surface area contributed by atoms with Crippen LogP contribution in [0.4, 0.5) is 0 Å². The van der Waals surface area contributed by atoms with Crippen molar-refractivity contribution in [2.75, 3.05) is 12.0 Å². The predicted octanol–water partition coefficient (Wildman–Crippen LogP) is -1.92. The molecule has 0 aromatic carbocycles. The molecule has 1 heterocycles. The third kappa shape index (κ3) is 2.29. The molecule has 1 aromatic heterocycles. The maximum absolute atomic E-state index is 11.7. The zero-order valence-corrected chi connectivity index (χ0v) is 10.5. The first-order chi connectivity index (χ1) is 7.50. The van der Waals surface area contributed by atoms with Crippen molar-refractivity contribution in [1.29, 1.82) is 0 Å². The Hall–Kier alpha value is -1.24. The molecule has 0 aliphatic carbocycles. The van der Waals surface area contributed by atoms with Gasteiger partial charge in [-0.05, 0) is 11.8 Å². The van der Waals surface area contributed by atoms with Crippen molar-refractivity contribution in [3.63, 3.8) is 0 Å². The summed E-state index contributed by atoms with van der Waals surface area (Å²) in [5.74, 6) is 0.929. The van der Waals surface area contributed by atoms with E-state index in [2.05, 4.69) is 0 Å². The van der Waals surface area contributed by atoms with Crippen LogP contribution in [0, 0.1) is 0 Å². The fraction of sp³-hybridized carbons (Fsp3) is 0.667. The highest BCUT2D eigenvalue weighted by molar-refractivity contribution is 7.77. The highest BCUT2D eigenvalue weighted by atomic mass is 32.2. The molecule has 0 amide bonds. The van der Waals surface area contributed by atoms with Crippen molar-refractivity contribution in [1.82, 2.24) is 13.7 Å². The van der Waals surface area contributed by atoms with E-state index < -0.39 is 17.1 Å². The van der Waals surface area contributed by atoms with Crippen LogP contribution < -0.4 is 17.1 Å². The maximum atomic E-state index is 11.7. The summed E-state index contributed by atoms with van der Waals surface area (Å²) in [5.41, 5.74) is -1.67. The standard InChI is InChI=1S/C9H15N3O3S/c1-10-7(13)11(2)9(15)12(8(10)14)5-4-6-16-3/h4-6H2,1-3H3/p+1. The van der Waals surface area contributed by atoms with E-state index in [0.29, 0.717) is 6.54 Å². The Morgan fingerprint density at radius 3 is 1.94 bits per heavy atom. The molecular weight excluding hydrogens is 230 g/mol. The molecule has 1 rings (SSSR count). The quantitative estimate of drug-likeness (QED) is 0.353. The summed E-state index contributed by atoms with van der Waals surface area (Å²) in [6.07, 6.45) is 2.77. The molecule has 90 valence electrons. The lowest BCUT2D eigenvalue weighted by Gasteiger charge is -2.07. The summed E-state index contributed by atoms with van der Waals surface area (Å²) in [6.45, 7) is 0.362. The first kappa shape index (κ1) is 12.8. The van der Waals surface area contributed by atoms with Gasteiger partial charge in [0, 0.05) is 27.1 Å². The number of rotatable bonds is 4. The molecule has 7 heteroatoms. The fourth-order valence-corrected chi connectivity index (χ4v) is 1.87. The minimum atomic E-state index is -0.583. The number of nitrogens with zero attached hydrogens (tertiary/aromatic N) is 3. The Morgan fingerprint density at radius 1 is 1.00 bits per heavy atom. The molecule has 0 spiro atoms. The highest BCUT2D eigenvalue weighted by Gasteiger charge is 2.09. The van der Waals surface area contributed by atoms with E-state index in [1.807, 2.05) is 6.26 Å². The van der Waals surface area contributed by atoms with E-state index in [0.717, 1.165) is 25.9 Å². The van der Waals surface area contributed by atoms with Gasteiger partial charge in [0.1, 0.15) is 5.75 Å². The first-order valence-electron chi connectivity index (χ1n) is 4.93. The lowest BCUT2D eigenvalue weighted by Crippen LogP contribution is -2.52. The predicted molar refractivity (Wildman–Crippen MR) is 65.4 cm³/mol. The van der Waals surface area contributed by atoms with E-state index in [-0.39, 0.29) is 0 Å². The van der Waals surface area contributed by atoms with Crippen LogP contribution in [0.25, 0.3) is 0 Å². The fourth-order valence-electron chi connectivity index (χ4n) is 1.41.